The summed E-state index contributed by atoms with van der Waals surface area (Å²) in [6.07, 6.45) is 4.17. The van der Waals surface area contributed by atoms with Crippen LogP contribution >= 0.6 is 0 Å². The lowest BCUT2D eigenvalue weighted by Crippen LogP contribution is -2.33. The fraction of sp³-hybridized carbons (Fsp3) is 0.923. The summed E-state index contributed by atoms with van der Waals surface area (Å²) in [5.74, 6) is 1.22. The molecule has 0 N–H and O–H groups in total. The zero-order chi connectivity index (χ0) is 11.3. The van der Waals surface area contributed by atoms with Gasteiger partial charge in [-0.05, 0) is 52.9 Å². The van der Waals surface area contributed by atoms with E-state index >= 15 is 0 Å². The summed E-state index contributed by atoms with van der Waals surface area (Å²) in [5.41, 5.74) is -0.400. The summed E-state index contributed by atoms with van der Waals surface area (Å²) in [5, 5.41) is 0. The molecule has 2 aliphatic rings. The summed E-state index contributed by atoms with van der Waals surface area (Å²) < 4.78 is 5.95. The van der Waals surface area contributed by atoms with Crippen molar-refractivity contribution in [3.8, 4) is 0 Å². The number of Topliss-reactive ketones (excluding diaryl/α,β-unsaturated/α-hetero) is 1. The molecule has 1 unspecified atom stereocenters. The molecule has 1 saturated heterocycles. The van der Waals surface area contributed by atoms with Gasteiger partial charge in [-0.2, -0.15) is 0 Å². The molecule has 1 aliphatic carbocycles. The monoisotopic (exact) mass is 210 g/mol. The van der Waals surface area contributed by atoms with E-state index in [2.05, 4.69) is 27.7 Å². The maximum Gasteiger partial charge on any atom is 0.139 e. The Kier molecular flexibility index (Phi) is 2.45. The minimum atomic E-state index is -0.268. The van der Waals surface area contributed by atoms with Crippen molar-refractivity contribution in [2.45, 2.75) is 64.6 Å². The van der Waals surface area contributed by atoms with Gasteiger partial charge in [0.05, 0.1) is 11.2 Å². The quantitative estimate of drug-likeness (QED) is 0.716. The molecule has 0 aromatic carbocycles. The largest absolute Gasteiger partial charge is 0.369 e. The van der Waals surface area contributed by atoms with Crippen molar-refractivity contribution in [3.05, 3.63) is 0 Å². The van der Waals surface area contributed by atoms with Crippen molar-refractivity contribution in [2.75, 3.05) is 0 Å². The van der Waals surface area contributed by atoms with Gasteiger partial charge in [0.25, 0.3) is 0 Å². The molecule has 2 fully saturated rings. The highest BCUT2D eigenvalue weighted by Gasteiger charge is 2.49. The van der Waals surface area contributed by atoms with E-state index in [0.29, 0.717) is 11.7 Å². The molecule has 15 heavy (non-hydrogen) atoms. The predicted molar refractivity (Wildman–Crippen MR) is 59.7 cm³/mol. The van der Waals surface area contributed by atoms with Crippen molar-refractivity contribution in [1.82, 2.24) is 0 Å². The molecule has 0 aromatic heterocycles. The summed E-state index contributed by atoms with van der Waals surface area (Å²) >= 11 is 0. The average molecular weight is 210 g/mol. The Balaban J connectivity index is 2.03. The van der Waals surface area contributed by atoms with E-state index < -0.39 is 0 Å². The first-order valence-electron chi connectivity index (χ1n) is 6.03. The standard InChI is InChI=1S/C13H22O2/c1-12(2)8-10(13(3,4)15-12)11(14)7-9-5-6-9/h9-10H,5-8H2,1-4H3. The first-order chi connectivity index (χ1) is 6.80. The molecule has 1 heterocycles. The first-order valence-corrected chi connectivity index (χ1v) is 6.03. The second-order valence-electron chi connectivity index (χ2n) is 6.34. The maximum atomic E-state index is 12.1. The van der Waals surface area contributed by atoms with Gasteiger partial charge < -0.3 is 4.74 Å². The third kappa shape index (κ3) is 2.41. The summed E-state index contributed by atoms with van der Waals surface area (Å²) in [6.45, 7) is 8.27. The van der Waals surface area contributed by atoms with Gasteiger partial charge in [-0.3, -0.25) is 4.79 Å². The molecule has 1 saturated carbocycles. The minimum Gasteiger partial charge on any atom is -0.369 e. The van der Waals surface area contributed by atoms with Gasteiger partial charge in [0.2, 0.25) is 0 Å². The minimum absolute atomic E-state index is 0.105. The molecule has 0 aromatic rings. The Bertz CT molecular complexity index is 274. The number of hydrogen-bond acceptors (Lipinski definition) is 2. The van der Waals surface area contributed by atoms with Crippen molar-refractivity contribution in [1.29, 1.82) is 0 Å². The van der Waals surface area contributed by atoms with Crippen LogP contribution in [0.5, 0.6) is 0 Å². The van der Waals surface area contributed by atoms with Crippen LogP contribution in [-0.4, -0.2) is 17.0 Å². The number of rotatable bonds is 3. The fourth-order valence-corrected chi connectivity index (χ4v) is 2.81. The van der Waals surface area contributed by atoms with Crippen LogP contribution in [0, 0.1) is 11.8 Å². The SMILES string of the molecule is CC1(C)CC(C(=O)CC2CC2)C(C)(C)O1. The topological polar surface area (TPSA) is 26.3 Å². The molecule has 0 spiro atoms. The molecule has 0 bridgehead atoms. The summed E-state index contributed by atoms with van der Waals surface area (Å²) in [6, 6.07) is 0. The third-order valence-corrected chi connectivity index (χ3v) is 3.65. The van der Waals surface area contributed by atoms with Gasteiger partial charge in [0.15, 0.2) is 0 Å². The van der Waals surface area contributed by atoms with Crippen molar-refractivity contribution >= 4 is 5.78 Å². The fourth-order valence-electron chi connectivity index (χ4n) is 2.81. The number of hydrogen-bond donors (Lipinski definition) is 0. The van der Waals surface area contributed by atoms with Crippen LogP contribution in [0.2, 0.25) is 0 Å². The van der Waals surface area contributed by atoms with Gasteiger partial charge in [-0.25, -0.2) is 0 Å². The van der Waals surface area contributed by atoms with Crippen LogP contribution in [-0.2, 0) is 9.53 Å². The van der Waals surface area contributed by atoms with Gasteiger partial charge in [0, 0.05) is 12.3 Å². The smallest absolute Gasteiger partial charge is 0.139 e. The second-order valence-corrected chi connectivity index (χ2v) is 6.34. The van der Waals surface area contributed by atoms with E-state index in [1.165, 1.54) is 12.8 Å². The highest BCUT2D eigenvalue weighted by molar-refractivity contribution is 5.83. The lowest BCUT2D eigenvalue weighted by Gasteiger charge is -2.26. The van der Waals surface area contributed by atoms with Gasteiger partial charge in [-0.1, -0.05) is 0 Å². The van der Waals surface area contributed by atoms with Crippen LogP contribution in [0.1, 0.15) is 53.4 Å². The van der Waals surface area contributed by atoms with Gasteiger partial charge >= 0.3 is 0 Å². The zero-order valence-corrected chi connectivity index (χ0v) is 10.3. The highest BCUT2D eigenvalue weighted by atomic mass is 16.5. The molecule has 1 aliphatic heterocycles. The second kappa shape index (κ2) is 3.31. The molecule has 86 valence electrons. The normalized spacial score (nSPS) is 32.9. The Morgan fingerprint density at radius 1 is 1.27 bits per heavy atom. The number of ether oxygens (including phenoxy) is 1. The van der Waals surface area contributed by atoms with Crippen molar-refractivity contribution in [3.63, 3.8) is 0 Å². The number of ketones is 1. The number of carbonyl (C=O) groups excluding carboxylic acids is 1. The van der Waals surface area contributed by atoms with Crippen LogP contribution in [0.4, 0.5) is 0 Å². The molecule has 0 radical (unpaired) electrons. The Morgan fingerprint density at radius 3 is 2.27 bits per heavy atom. The average Bonchev–Trinajstić information content (AvgIpc) is 2.77. The van der Waals surface area contributed by atoms with Crippen LogP contribution in [0.25, 0.3) is 0 Å². The summed E-state index contributed by atoms with van der Waals surface area (Å²) in [7, 11) is 0. The lowest BCUT2D eigenvalue weighted by atomic mass is 9.82. The van der Waals surface area contributed by atoms with E-state index in [1.807, 2.05) is 0 Å². The van der Waals surface area contributed by atoms with Crippen LogP contribution in [0.15, 0.2) is 0 Å². The lowest BCUT2D eigenvalue weighted by molar-refractivity contribution is -0.129. The van der Waals surface area contributed by atoms with E-state index in [0.717, 1.165) is 12.8 Å². The number of carbonyl (C=O) groups is 1. The zero-order valence-electron chi connectivity index (χ0n) is 10.3. The molecule has 2 heteroatoms. The van der Waals surface area contributed by atoms with Crippen LogP contribution in [0.3, 0.4) is 0 Å². The Morgan fingerprint density at radius 2 is 1.87 bits per heavy atom. The first kappa shape index (κ1) is 11.1. The molecular formula is C13H22O2. The van der Waals surface area contributed by atoms with E-state index in [-0.39, 0.29) is 17.1 Å². The Labute approximate surface area is 92.4 Å². The molecule has 0 amide bonds. The maximum absolute atomic E-state index is 12.1. The molecule has 1 atom stereocenters. The van der Waals surface area contributed by atoms with Crippen molar-refractivity contribution < 1.29 is 9.53 Å². The van der Waals surface area contributed by atoms with Crippen molar-refractivity contribution in [2.24, 2.45) is 11.8 Å². The highest BCUT2D eigenvalue weighted by Crippen LogP contribution is 2.44. The van der Waals surface area contributed by atoms with Gasteiger partial charge in [0.1, 0.15) is 5.78 Å². The summed E-state index contributed by atoms with van der Waals surface area (Å²) in [4.78, 5) is 12.1. The molecule has 2 rings (SSSR count). The Hall–Kier alpha value is -0.370. The van der Waals surface area contributed by atoms with E-state index in [1.54, 1.807) is 0 Å². The van der Waals surface area contributed by atoms with Crippen LogP contribution < -0.4 is 0 Å². The van der Waals surface area contributed by atoms with E-state index in [9.17, 15) is 4.79 Å². The molecular weight excluding hydrogens is 188 g/mol. The van der Waals surface area contributed by atoms with Gasteiger partial charge in [-0.15, -0.1) is 0 Å². The molecule has 2 nitrogen and oxygen atoms in total. The third-order valence-electron chi connectivity index (χ3n) is 3.65. The predicted octanol–water partition coefficient (Wildman–Crippen LogP) is 2.95. The van der Waals surface area contributed by atoms with E-state index in [4.69, 9.17) is 4.74 Å².